The van der Waals surface area contributed by atoms with E-state index >= 15 is 0 Å². The number of thioether (sulfide) groups is 1. The van der Waals surface area contributed by atoms with Gasteiger partial charge in [-0.15, -0.1) is 5.10 Å². The highest BCUT2D eigenvalue weighted by Gasteiger charge is 2.30. The van der Waals surface area contributed by atoms with Crippen LogP contribution in [0.3, 0.4) is 0 Å². The topological polar surface area (TPSA) is 86.2 Å². The van der Waals surface area contributed by atoms with Gasteiger partial charge in [0.2, 0.25) is 11.8 Å². The molecule has 2 aromatic rings. The first-order chi connectivity index (χ1) is 15.3. The zero-order chi connectivity index (χ0) is 23.1. The van der Waals surface area contributed by atoms with Crippen LogP contribution < -0.4 is 15.5 Å². The Balaban J connectivity index is 1.63. The molecule has 0 spiro atoms. The lowest BCUT2D eigenvalue weighted by Gasteiger charge is -2.21. The van der Waals surface area contributed by atoms with Gasteiger partial charge < -0.3 is 15.5 Å². The number of anilines is 2. The Morgan fingerprint density at radius 2 is 2.00 bits per heavy atom. The molecule has 1 heterocycles. The van der Waals surface area contributed by atoms with Gasteiger partial charge in [-0.25, -0.2) is 0 Å². The van der Waals surface area contributed by atoms with E-state index in [0.717, 1.165) is 23.0 Å². The summed E-state index contributed by atoms with van der Waals surface area (Å²) in [4.78, 5) is 26.7. The molecule has 3 rings (SSSR count). The number of rotatable bonds is 6. The maximum Gasteiger partial charge on any atom is 0.238 e. The molecule has 2 N–H and O–H groups in total. The highest BCUT2D eigenvalue weighted by atomic mass is 35.5. The standard InChI is InChI=1S/C23H24ClN5O2S/c1-15(7-8-16-9-11-19(12-10-16)29(2)3)27-28-23-26-21(30)14-20(32-23)22(31)25-18-6-4-5-17(24)13-18/h4-13,20H,14H2,1-3H3,(H,25,31)(H,26,28,30). The van der Waals surface area contributed by atoms with Gasteiger partial charge >= 0.3 is 0 Å². The third-order valence-corrected chi connectivity index (χ3v) is 5.79. The summed E-state index contributed by atoms with van der Waals surface area (Å²) in [6.45, 7) is 1.81. The summed E-state index contributed by atoms with van der Waals surface area (Å²) in [7, 11) is 3.99. The number of allylic oxidation sites excluding steroid dienone is 1. The smallest absolute Gasteiger partial charge is 0.238 e. The van der Waals surface area contributed by atoms with Crippen LogP contribution in [0.1, 0.15) is 18.9 Å². The van der Waals surface area contributed by atoms with Crippen molar-refractivity contribution in [3.63, 3.8) is 0 Å². The number of nitrogens with zero attached hydrogens (tertiary/aromatic N) is 3. The number of amides is 2. The zero-order valence-corrected chi connectivity index (χ0v) is 19.6. The number of hydrogen-bond donors (Lipinski definition) is 2. The molecule has 1 unspecified atom stereocenters. The van der Waals surface area contributed by atoms with Crippen LogP contribution in [0.15, 0.2) is 64.8 Å². The normalized spacial score (nSPS) is 18.0. The molecule has 1 atom stereocenters. The van der Waals surface area contributed by atoms with Crippen molar-refractivity contribution in [2.75, 3.05) is 24.3 Å². The summed E-state index contributed by atoms with van der Waals surface area (Å²) < 4.78 is 0. The molecule has 2 aromatic carbocycles. The van der Waals surface area contributed by atoms with Crippen molar-refractivity contribution >= 4 is 63.5 Å². The van der Waals surface area contributed by atoms with Crippen molar-refractivity contribution in [1.82, 2.24) is 5.32 Å². The lowest BCUT2D eigenvalue weighted by Crippen LogP contribution is -2.41. The van der Waals surface area contributed by atoms with Gasteiger partial charge in [-0.05, 0) is 48.9 Å². The molecule has 0 saturated carbocycles. The molecular formula is C23H24ClN5O2S. The third-order valence-electron chi connectivity index (χ3n) is 4.48. The summed E-state index contributed by atoms with van der Waals surface area (Å²) in [6, 6.07) is 15.0. The van der Waals surface area contributed by atoms with Gasteiger partial charge in [0.15, 0.2) is 5.17 Å². The molecule has 0 aliphatic carbocycles. The van der Waals surface area contributed by atoms with Crippen LogP contribution in [0.4, 0.5) is 11.4 Å². The van der Waals surface area contributed by atoms with Crippen molar-refractivity contribution in [2.45, 2.75) is 18.6 Å². The van der Waals surface area contributed by atoms with E-state index in [-0.39, 0.29) is 23.4 Å². The van der Waals surface area contributed by atoms with E-state index in [1.54, 1.807) is 24.3 Å². The highest BCUT2D eigenvalue weighted by molar-refractivity contribution is 8.15. The Labute approximate surface area is 196 Å². The fourth-order valence-corrected chi connectivity index (χ4v) is 3.91. The lowest BCUT2D eigenvalue weighted by atomic mass is 10.2. The molecule has 9 heteroatoms. The van der Waals surface area contributed by atoms with Crippen molar-refractivity contribution in [2.24, 2.45) is 10.2 Å². The minimum Gasteiger partial charge on any atom is -0.378 e. The summed E-state index contributed by atoms with van der Waals surface area (Å²) in [5, 5.41) is 13.9. The number of hydrogen-bond acceptors (Lipinski definition) is 6. The third kappa shape index (κ3) is 6.96. The van der Waals surface area contributed by atoms with Crippen molar-refractivity contribution in [3.05, 3.63) is 65.2 Å². The van der Waals surface area contributed by atoms with Crippen LogP contribution in [-0.2, 0) is 9.59 Å². The number of benzene rings is 2. The first kappa shape index (κ1) is 23.6. The Kier molecular flexibility index (Phi) is 8.08. The first-order valence-electron chi connectivity index (χ1n) is 9.91. The van der Waals surface area contributed by atoms with Crippen LogP contribution in [-0.4, -0.2) is 42.0 Å². The van der Waals surface area contributed by atoms with E-state index < -0.39 is 5.25 Å². The van der Waals surface area contributed by atoms with Gasteiger partial charge in [-0.1, -0.05) is 47.6 Å². The van der Waals surface area contributed by atoms with Gasteiger partial charge in [0, 0.05) is 36.9 Å². The number of carbonyl (C=O) groups excluding carboxylic acids is 2. The summed E-state index contributed by atoms with van der Waals surface area (Å²) in [5.74, 6) is -0.570. The molecule has 32 heavy (non-hydrogen) atoms. The highest BCUT2D eigenvalue weighted by Crippen LogP contribution is 2.23. The molecule has 1 aliphatic rings. The number of halogens is 1. The molecule has 1 saturated heterocycles. The molecular weight excluding hydrogens is 446 g/mol. The Morgan fingerprint density at radius 3 is 2.69 bits per heavy atom. The summed E-state index contributed by atoms with van der Waals surface area (Å²) in [5.41, 5.74) is 3.40. The SMILES string of the molecule is CC(C=Cc1ccc(N(C)C)cc1)=N/N=C1\NC(=O)CC(C(=O)Nc2cccc(Cl)c2)S1. The van der Waals surface area contributed by atoms with Gasteiger partial charge in [-0.3, -0.25) is 9.59 Å². The first-order valence-corrected chi connectivity index (χ1v) is 11.2. The number of amidine groups is 1. The van der Waals surface area contributed by atoms with Gasteiger partial charge in [-0.2, -0.15) is 5.10 Å². The Morgan fingerprint density at radius 1 is 1.25 bits per heavy atom. The van der Waals surface area contributed by atoms with E-state index in [4.69, 9.17) is 11.6 Å². The predicted octanol–water partition coefficient (Wildman–Crippen LogP) is 4.41. The second-order valence-electron chi connectivity index (χ2n) is 7.32. The van der Waals surface area contributed by atoms with Crippen LogP contribution in [0.5, 0.6) is 0 Å². The van der Waals surface area contributed by atoms with Crippen LogP contribution >= 0.6 is 23.4 Å². The van der Waals surface area contributed by atoms with Crippen LogP contribution in [0.2, 0.25) is 5.02 Å². The second kappa shape index (κ2) is 11.0. The van der Waals surface area contributed by atoms with Crippen LogP contribution in [0, 0.1) is 0 Å². The molecule has 0 radical (unpaired) electrons. The fraction of sp³-hybridized carbons (Fsp3) is 0.217. The fourth-order valence-electron chi connectivity index (χ4n) is 2.79. The zero-order valence-electron chi connectivity index (χ0n) is 18.0. The van der Waals surface area contributed by atoms with Gasteiger partial charge in [0.25, 0.3) is 0 Å². The molecule has 2 amide bonds. The van der Waals surface area contributed by atoms with E-state index in [1.807, 2.05) is 62.3 Å². The monoisotopic (exact) mass is 469 g/mol. The molecule has 1 aliphatic heterocycles. The molecule has 1 fully saturated rings. The van der Waals surface area contributed by atoms with Crippen molar-refractivity contribution < 1.29 is 9.59 Å². The predicted molar refractivity (Wildman–Crippen MR) is 135 cm³/mol. The maximum atomic E-state index is 12.6. The van der Waals surface area contributed by atoms with E-state index in [9.17, 15) is 9.59 Å². The Bertz CT molecular complexity index is 1080. The maximum absolute atomic E-state index is 12.6. The van der Waals surface area contributed by atoms with E-state index in [2.05, 4.69) is 20.8 Å². The second-order valence-corrected chi connectivity index (χ2v) is 8.95. The van der Waals surface area contributed by atoms with E-state index in [0.29, 0.717) is 16.4 Å². The summed E-state index contributed by atoms with van der Waals surface area (Å²) in [6.07, 6.45) is 3.83. The average Bonchev–Trinajstić information content (AvgIpc) is 2.76. The Hall–Kier alpha value is -3.10. The molecule has 7 nitrogen and oxygen atoms in total. The van der Waals surface area contributed by atoms with Crippen molar-refractivity contribution in [1.29, 1.82) is 0 Å². The minimum absolute atomic E-state index is 0.0572. The molecule has 0 aromatic heterocycles. The van der Waals surface area contributed by atoms with Gasteiger partial charge in [0.1, 0.15) is 5.25 Å². The molecule has 0 bridgehead atoms. The van der Waals surface area contributed by atoms with Crippen LogP contribution in [0.25, 0.3) is 6.08 Å². The summed E-state index contributed by atoms with van der Waals surface area (Å²) >= 11 is 7.12. The minimum atomic E-state index is -0.609. The van der Waals surface area contributed by atoms with Gasteiger partial charge in [0.05, 0.1) is 5.71 Å². The molecule has 166 valence electrons. The number of carbonyl (C=O) groups is 2. The lowest BCUT2D eigenvalue weighted by molar-refractivity contribution is -0.123. The number of nitrogens with one attached hydrogen (secondary N) is 2. The van der Waals surface area contributed by atoms with Crippen molar-refractivity contribution in [3.8, 4) is 0 Å². The largest absolute Gasteiger partial charge is 0.378 e. The average molecular weight is 470 g/mol. The quantitative estimate of drug-likeness (QED) is 0.484. The van der Waals surface area contributed by atoms with E-state index in [1.165, 1.54) is 0 Å².